The van der Waals surface area contributed by atoms with Crippen molar-refractivity contribution in [3.63, 3.8) is 0 Å². The van der Waals surface area contributed by atoms with Gasteiger partial charge in [0.1, 0.15) is 0 Å². The maximum Gasteiger partial charge on any atom is 0.248 e. The molecule has 1 aromatic carbocycles. The summed E-state index contributed by atoms with van der Waals surface area (Å²) in [6.45, 7) is 0.432. The normalized spacial score (nSPS) is 21.2. The van der Waals surface area contributed by atoms with Crippen LogP contribution in [-0.4, -0.2) is 17.0 Å². The molecule has 0 amide bonds. The van der Waals surface area contributed by atoms with Crippen LogP contribution >= 0.6 is 0 Å². The molecule has 0 atom stereocenters. The van der Waals surface area contributed by atoms with Crippen molar-refractivity contribution >= 4 is 10.9 Å². The van der Waals surface area contributed by atoms with E-state index >= 15 is 0 Å². The molecule has 1 heterocycles. The van der Waals surface area contributed by atoms with Gasteiger partial charge in [-0.15, -0.1) is 0 Å². The van der Waals surface area contributed by atoms with Crippen LogP contribution in [0.5, 0.6) is 0 Å². The average Bonchev–Trinajstić information content (AvgIpc) is 2.81. The summed E-state index contributed by atoms with van der Waals surface area (Å²) in [6, 6.07) is 8.29. The fourth-order valence-electron chi connectivity index (χ4n) is 3.32. The molecule has 0 aliphatic heterocycles. The van der Waals surface area contributed by atoms with Gasteiger partial charge in [-0.25, -0.2) is 8.78 Å². The molecule has 0 radical (unpaired) electrons. The van der Waals surface area contributed by atoms with Crippen LogP contribution in [0.2, 0.25) is 0 Å². The zero-order valence-corrected chi connectivity index (χ0v) is 11.7. The molecule has 2 N–H and O–H groups in total. The lowest BCUT2D eigenvalue weighted by atomic mass is 9.68. The first-order valence-corrected chi connectivity index (χ1v) is 7.09. The van der Waals surface area contributed by atoms with Gasteiger partial charge < -0.3 is 10.3 Å². The first-order valence-electron chi connectivity index (χ1n) is 7.09. The summed E-state index contributed by atoms with van der Waals surface area (Å²) in [4.78, 5) is 0. The Morgan fingerprint density at radius 1 is 1.15 bits per heavy atom. The summed E-state index contributed by atoms with van der Waals surface area (Å²) >= 11 is 0. The predicted molar refractivity (Wildman–Crippen MR) is 77.1 cm³/mol. The molecular weight excluding hydrogens is 258 g/mol. The standard InChI is InChI=1S/C16H20F2N2/c1-20-9-4-12-10-13(2-3-14(12)20)15(11-19)5-7-16(17,18)8-6-15/h2-4,9-10H,5-8,11,19H2,1H3. The molecule has 0 saturated heterocycles. The van der Waals surface area contributed by atoms with Gasteiger partial charge in [-0.05, 0) is 42.0 Å². The molecule has 1 fully saturated rings. The van der Waals surface area contributed by atoms with Crippen LogP contribution < -0.4 is 5.73 Å². The molecule has 3 rings (SSSR count). The van der Waals surface area contributed by atoms with E-state index in [1.165, 1.54) is 0 Å². The van der Waals surface area contributed by atoms with Gasteiger partial charge in [-0.2, -0.15) is 0 Å². The number of halogens is 2. The van der Waals surface area contributed by atoms with Crippen LogP contribution in [-0.2, 0) is 12.5 Å². The first-order chi connectivity index (χ1) is 9.46. The van der Waals surface area contributed by atoms with Gasteiger partial charge in [-0.3, -0.25) is 0 Å². The van der Waals surface area contributed by atoms with Gasteiger partial charge in [0, 0.05) is 43.6 Å². The fourth-order valence-corrected chi connectivity index (χ4v) is 3.32. The van der Waals surface area contributed by atoms with Crippen molar-refractivity contribution in [2.24, 2.45) is 12.8 Å². The fraction of sp³-hybridized carbons (Fsp3) is 0.500. The molecule has 1 aromatic heterocycles. The van der Waals surface area contributed by atoms with Crippen LogP contribution in [0.15, 0.2) is 30.5 Å². The highest BCUT2D eigenvalue weighted by atomic mass is 19.3. The third-order valence-corrected chi connectivity index (χ3v) is 4.83. The highest BCUT2D eigenvalue weighted by molar-refractivity contribution is 5.81. The number of aryl methyl sites for hydroxylation is 1. The number of fused-ring (bicyclic) bond motifs is 1. The molecule has 0 spiro atoms. The van der Waals surface area contributed by atoms with Crippen molar-refractivity contribution in [3.05, 3.63) is 36.0 Å². The molecule has 0 unspecified atom stereocenters. The summed E-state index contributed by atoms with van der Waals surface area (Å²) < 4.78 is 28.9. The van der Waals surface area contributed by atoms with Gasteiger partial charge >= 0.3 is 0 Å². The van der Waals surface area contributed by atoms with Crippen LogP contribution in [0, 0.1) is 0 Å². The molecule has 20 heavy (non-hydrogen) atoms. The number of hydrogen-bond donors (Lipinski definition) is 1. The van der Waals surface area contributed by atoms with E-state index in [1.54, 1.807) is 0 Å². The summed E-state index contributed by atoms with van der Waals surface area (Å²) in [6.07, 6.45) is 2.83. The van der Waals surface area contributed by atoms with E-state index in [0.29, 0.717) is 19.4 Å². The van der Waals surface area contributed by atoms with Gasteiger partial charge in [0.2, 0.25) is 5.92 Å². The lowest BCUT2D eigenvalue weighted by Gasteiger charge is -2.40. The smallest absolute Gasteiger partial charge is 0.248 e. The quantitative estimate of drug-likeness (QED) is 0.894. The third-order valence-electron chi connectivity index (χ3n) is 4.83. The Balaban J connectivity index is 1.99. The number of nitrogens with zero attached hydrogens (tertiary/aromatic N) is 1. The molecule has 4 heteroatoms. The van der Waals surface area contributed by atoms with Crippen molar-refractivity contribution in [1.29, 1.82) is 0 Å². The van der Waals surface area contributed by atoms with Gasteiger partial charge in [0.15, 0.2) is 0 Å². The Kier molecular flexibility index (Phi) is 3.09. The Hall–Kier alpha value is -1.42. The maximum absolute atomic E-state index is 13.4. The van der Waals surface area contributed by atoms with Crippen molar-refractivity contribution < 1.29 is 8.78 Å². The van der Waals surface area contributed by atoms with Crippen molar-refractivity contribution in [2.45, 2.75) is 37.0 Å². The van der Waals surface area contributed by atoms with Crippen molar-refractivity contribution in [1.82, 2.24) is 4.57 Å². The monoisotopic (exact) mass is 278 g/mol. The van der Waals surface area contributed by atoms with Crippen molar-refractivity contribution in [3.8, 4) is 0 Å². The average molecular weight is 278 g/mol. The van der Waals surface area contributed by atoms with Crippen molar-refractivity contribution in [2.75, 3.05) is 6.54 Å². The minimum Gasteiger partial charge on any atom is -0.351 e. The Bertz CT molecular complexity index is 620. The predicted octanol–water partition coefficient (Wildman–Crippen LogP) is 3.58. The Labute approximate surface area is 117 Å². The number of nitrogens with two attached hydrogens (primary N) is 1. The molecule has 1 aliphatic carbocycles. The highest BCUT2D eigenvalue weighted by Gasteiger charge is 2.43. The van der Waals surface area contributed by atoms with Crippen LogP contribution in [0.25, 0.3) is 10.9 Å². The molecule has 1 saturated carbocycles. The van der Waals surface area contributed by atoms with Gasteiger partial charge in [0.05, 0.1) is 0 Å². The molecule has 1 aliphatic rings. The lowest BCUT2D eigenvalue weighted by Crippen LogP contribution is -2.42. The number of benzene rings is 1. The molecule has 2 aromatic rings. The van der Waals surface area contributed by atoms with E-state index in [9.17, 15) is 8.78 Å². The molecular formula is C16H20F2N2. The number of alkyl halides is 2. The van der Waals surface area contributed by atoms with E-state index in [-0.39, 0.29) is 18.3 Å². The van der Waals surface area contributed by atoms with E-state index in [1.807, 2.05) is 13.2 Å². The summed E-state index contributed by atoms with van der Waals surface area (Å²) in [7, 11) is 2.00. The van der Waals surface area contributed by atoms with Crippen LogP contribution in [0.4, 0.5) is 8.78 Å². The molecule has 0 bridgehead atoms. The van der Waals surface area contributed by atoms with Gasteiger partial charge in [0.25, 0.3) is 0 Å². The second-order valence-corrected chi connectivity index (χ2v) is 6.04. The van der Waals surface area contributed by atoms with E-state index in [4.69, 9.17) is 5.73 Å². The van der Waals surface area contributed by atoms with E-state index in [2.05, 4.69) is 28.8 Å². The van der Waals surface area contributed by atoms with Crippen LogP contribution in [0.1, 0.15) is 31.2 Å². The summed E-state index contributed by atoms with van der Waals surface area (Å²) in [5.74, 6) is -2.52. The second-order valence-electron chi connectivity index (χ2n) is 6.04. The SMILES string of the molecule is Cn1ccc2cc(C3(CN)CCC(F)(F)CC3)ccc21. The zero-order valence-electron chi connectivity index (χ0n) is 11.7. The number of rotatable bonds is 2. The molecule has 2 nitrogen and oxygen atoms in total. The largest absolute Gasteiger partial charge is 0.351 e. The van der Waals surface area contributed by atoms with E-state index < -0.39 is 5.92 Å². The minimum atomic E-state index is -2.52. The maximum atomic E-state index is 13.4. The summed E-state index contributed by atoms with van der Waals surface area (Å²) in [5, 5.41) is 1.15. The second kappa shape index (κ2) is 4.55. The zero-order chi connectivity index (χ0) is 14.4. The Morgan fingerprint density at radius 2 is 1.85 bits per heavy atom. The highest BCUT2D eigenvalue weighted by Crippen LogP contribution is 2.45. The lowest BCUT2D eigenvalue weighted by molar-refractivity contribution is -0.0509. The van der Waals surface area contributed by atoms with Gasteiger partial charge in [-0.1, -0.05) is 6.07 Å². The number of hydrogen-bond acceptors (Lipinski definition) is 1. The van der Waals surface area contributed by atoms with E-state index in [0.717, 1.165) is 16.5 Å². The first kappa shape index (κ1) is 13.6. The topological polar surface area (TPSA) is 30.9 Å². The van der Waals surface area contributed by atoms with Crippen LogP contribution in [0.3, 0.4) is 0 Å². The molecule has 108 valence electrons. The third kappa shape index (κ3) is 2.12. The Morgan fingerprint density at radius 3 is 2.50 bits per heavy atom. The number of aromatic nitrogens is 1. The summed E-state index contributed by atoms with van der Waals surface area (Å²) in [5.41, 5.74) is 7.93. The minimum absolute atomic E-state index is 0.0585.